The summed E-state index contributed by atoms with van der Waals surface area (Å²) in [4.78, 5) is 16.3. The highest BCUT2D eigenvalue weighted by molar-refractivity contribution is 5.94. The second-order valence-electron chi connectivity index (χ2n) is 6.43. The van der Waals surface area contributed by atoms with Crippen LogP contribution in [0.15, 0.2) is 54.6 Å². The van der Waals surface area contributed by atoms with E-state index in [4.69, 9.17) is 0 Å². The van der Waals surface area contributed by atoms with Gasteiger partial charge < -0.3 is 4.90 Å². The highest BCUT2D eigenvalue weighted by atomic mass is 16.1. The number of ketones is 1. The lowest BCUT2D eigenvalue weighted by atomic mass is 10.1. The Kier molecular flexibility index (Phi) is 5.53. The topological polar surface area (TPSA) is 23.6 Å². The van der Waals surface area contributed by atoms with E-state index >= 15 is 0 Å². The Morgan fingerprint density at radius 3 is 2.44 bits per heavy atom. The summed E-state index contributed by atoms with van der Waals surface area (Å²) in [5.41, 5.74) is 3.23. The molecule has 128 valence electrons. The summed E-state index contributed by atoms with van der Waals surface area (Å²) in [7, 11) is 0. The van der Waals surface area contributed by atoms with Gasteiger partial charge in [0.25, 0.3) is 0 Å². The fraction of sp³-hybridized carbons (Fsp3) is 0.318. The first-order valence-electron chi connectivity index (χ1n) is 8.73. The molecule has 0 unspecified atom stereocenters. The highest BCUT2D eigenvalue weighted by Crippen LogP contribution is 2.22. The average molecular weight is 332 g/mol. The molecule has 3 heteroatoms. The number of hydrogen-bond acceptors (Lipinski definition) is 3. The van der Waals surface area contributed by atoms with Crippen LogP contribution in [0.3, 0.4) is 0 Å². The Bertz CT molecular complexity index is 771. The number of rotatable bonds is 4. The molecule has 25 heavy (non-hydrogen) atoms. The number of benzene rings is 2. The summed E-state index contributed by atoms with van der Waals surface area (Å²) in [5, 5.41) is 0. The van der Waals surface area contributed by atoms with Crippen molar-refractivity contribution in [3.05, 3.63) is 65.7 Å². The van der Waals surface area contributed by atoms with Crippen LogP contribution < -0.4 is 4.90 Å². The first kappa shape index (κ1) is 17.3. The van der Waals surface area contributed by atoms with Crippen LogP contribution in [0.25, 0.3) is 0 Å². The number of carbonyl (C=O) groups excluding carboxylic acids is 1. The zero-order chi connectivity index (χ0) is 17.6. The lowest BCUT2D eigenvalue weighted by Crippen LogP contribution is -2.52. The molecule has 2 aromatic carbocycles. The van der Waals surface area contributed by atoms with Gasteiger partial charge in [-0.25, -0.2) is 0 Å². The maximum absolute atomic E-state index is 11.5. The Hall–Kier alpha value is -2.57. The minimum Gasteiger partial charge on any atom is -0.355 e. The first-order chi connectivity index (χ1) is 12.2. The molecule has 1 saturated heterocycles. The largest absolute Gasteiger partial charge is 0.355 e. The van der Waals surface area contributed by atoms with Crippen LogP contribution in [-0.4, -0.2) is 36.4 Å². The standard InChI is InChI=1S/C22H24N2O/c1-3-7-22-17-23(16-19-8-5-4-6-9-19)14-15-24(22)21-12-10-20(11-13-21)18(2)25/h4-6,8-13,22H,14-17H2,1-2H3/t22-/m0/s1. The Morgan fingerprint density at radius 1 is 1.08 bits per heavy atom. The van der Waals surface area contributed by atoms with Gasteiger partial charge in [0.15, 0.2) is 5.78 Å². The molecule has 0 N–H and O–H groups in total. The number of Topliss-reactive ketones (excluding diaryl/α,β-unsaturated/α-hetero) is 1. The minimum absolute atomic E-state index is 0.101. The molecule has 2 aromatic rings. The molecule has 3 rings (SSSR count). The van der Waals surface area contributed by atoms with Crippen LogP contribution in [0.4, 0.5) is 5.69 Å². The first-order valence-corrected chi connectivity index (χ1v) is 8.73. The number of anilines is 1. The van der Waals surface area contributed by atoms with E-state index in [0.29, 0.717) is 0 Å². The normalized spacial score (nSPS) is 17.7. The second kappa shape index (κ2) is 8.00. The van der Waals surface area contributed by atoms with Gasteiger partial charge in [0, 0.05) is 37.4 Å². The van der Waals surface area contributed by atoms with Crippen molar-refractivity contribution >= 4 is 11.5 Å². The maximum atomic E-state index is 11.5. The van der Waals surface area contributed by atoms with Gasteiger partial charge in [0.05, 0.1) is 0 Å². The zero-order valence-corrected chi connectivity index (χ0v) is 14.9. The van der Waals surface area contributed by atoms with Gasteiger partial charge >= 0.3 is 0 Å². The zero-order valence-electron chi connectivity index (χ0n) is 14.9. The van der Waals surface area contributed by atoms with Crippen molar-refractivity contribution in [1.82, 2.24) is 4.90 Å². The van der Waals surface area contributed by atoms with Crippen molar-refractivity contribution in [2.75, 3.05) is 24.5 Å². The van der Waals surface area contributed by atoms with Crippen molar-refractivity contribution in [3.63, 3.8) is 0 Å². The van der Waals surface area contributed by atoms with Crippen LogP contribution >= 0.6 is 0 Å². The van der Waals surface area contributed by atoms with E-state index in [0.717, 1.165) is 37.4 Å². The van der Waals surface area contributed by atoms with Gasteiger partial charge in [-0.1, -0.05) is 36.3 Å². The summed E-state index contributed by atoms with van der Waals surface area (Å²) in [5.74, 6) is 6.53. The van der Waals surface area contributed by atoms with E-state index in [1.807, 2.05) is 31.2 Å². The fourth-order valence-electron chi connectivity index (χ4n) is 3.31. The second-order valence-corrected chi connectivity index (χ2v) is 6.43. The number of carbonyl (C=O) groups is 1. The third-order valence-corrected chi connectivity index (χ3v) is 4.63. The molecule has 3 nitrogen and oxygen atoms in total. The van der Waals surface area contributed by atoms with Crippen LogP contribution in [0.5, 0.6) is 0 Å². The number of hydrogen-bond donors (Lipinski definition) is 0. The summed E-state index contributed by atoms with van der Waals surface area (Å²) >= 11 is 0. The van der Waals surface area contributed by atoms with Crippen molar-refractivity contribution in [2.24, 2.45) is 0 Å². The van der Waals surface area contributed by atoms with Crippen molar-refractivity contribution < 1.29 is 4.79 Å². The van der Waals surface area contributed by atoms with E-state index in [1.165, 1.54) is 5.56 Å². The Labute approximate surface area is 150 Å². The smallest absolute Gasteiger partial charge is 0.159 e. The third kappa shape index (κ3) is 4.29. The summed E-state index contributed by atoms with van der Waals surface area (Å²) in [6.07, 6.45) is 0. The van der Waals surface area contributed by atoms with E-state index in [9.17, 15) is 4.79 Å². The lowest BCUT2D eigenvalue weighted by Gasteiger charge is -2.40. The van der Waals surface area contributed by atoms with Gasteiger partial charge in [-0.15, -0.1) is 5.92 Å². The van der Waals surface area contributed by atoms with Gasteiger partial charge in [0.2, 0.25) is 0 Å². The van der Waals surface area contributed by atoms with Gasteiger partial charge in [-0.2, -0.15) is 0 Å². The quantitative estimate of drug-likeness (QED) is 0.631. The van der Waals surface area contributed by atoms with Gasteiger partial charge in [-0.05, 0) is 43.7 Å². The fourth-order valence-corrected chi connectivity index (χ4v) is 3.31. The van der Waals surface area contributed by atoms with E-state index in [2.05, 4.69) is 52.0 Å². The predicted octanol–water partition coefficient (Wildman–Crippen LogP) is 3.60. The molecule has 0 saturated carbocycles. The minimum atomic E-state index is 0.101. The lowest BCUT2D eigenvalue weighted by molar-refractivity contribution is 0.101. The van der Waals surface area contributed by atoms with E-state index < -0.39 is 0 Å². The molecule has 0 aromatic heterocycles. The Morgan fingerprint density at radius 2 is 1.80 bits per heavy atom. The van der Waals surface area contributed by atoms with Crippen molar-refractivity contribution in [1.29, 1.82) is 0 Å². The molecule has 0 radical (unpaired) electrons. The molecular formula is C22H24N2O. The molecule has 1 aliphatic rings. The number of piperazine rings is 1. The van der Waals surface area contributed by atoms with Gasteiger partial charge in [-0.3, -0.25) is 9.69 Å². The van der Waals surface area contributed by atoms with Crippen molar-refractivity contribution in [2.45, 2.75) is 26.4 Å². The molecule has 1 heterocycles. The van der Waals surface area contributed by atoms with Crippen LogP contribution in [0.2, 0.25) is 0 Å². The Balaban J connectivity index is 1.73. The molecule has 1 atom stereocenters. The molecule has 1 aliphatic heterocycles. The average Bonchev–Trinajstić information content (AvgIpc) is 2.63. The summed E-state index contributed by atoms with van der Waals surface area (Å²) in [6.45, 7) is 7.32. The molecule has 0 amide bonds. The highest BCUT2D eigenvalue weighted by Gasteiger charge is 2.26. The van der Waals surface area contributed by atoms with E-state index in [1.54, 1.807) is 6.92 Å². The third-order valence-electron chi connectivity index (χ3n) is 4.63. The molecule has 0 aliphatic carbocycles. The SMILES string of the molecule is CC#C[C@H]1CN(Cc2ccccc2)CCN1c1ccc(C(C)=O)cc1. The van der Waals surface area contributed by atoms with Crippen molar-refractivity contribution in [3.8, 4) is 11.8 Å². The predicted molar refractivity (Wildman–Crippen MR) is 103 cm³/mol. The number of nitrogens with zero attached hydrogens (tertiary/aromatic N) is 2. The van der Waals surface area contributed by atoms with Crippen LogP contribution in [-0.2, 0) is 6.54 Å². The monoisotopic (exact) mass is 332 g/mol. The molecule has 1 fully saturated rings. The van der Waals surface area contributed by atoms with Gasteiger partial charge in [0.1, 0.15) is 6.04 Å². The van der Waals surface area contributed by atoms with E-state index in [-0.39, 0.29) is 11.8 Å². The molecular weight excluding hydrogens is 308 g/mol. The molecule has 0 spiro atoms. The maximum Gasteiger partial charge on any atom is 0.159 e. The summed E-state index contributed by atoms with van der Waals surface area (Å²) < 4.78 is 0. The van der Waals surface area contributed by atoms with Crippen LogP contribution in [0, 0.1) is 11.8 Å². The summed E-state index contributed by atoms with van der Waals surface area (Å²) in [6, 6.07) is 18.6. The van der Waals surface area contributed by atoms with Crippen LogP contribution in [0.1, 0.15) is 29.8 Å². The molecule has 0 bridgehead atoms.